The molecule has 2 heteroatoms. The molecule has 2 aliphatic carbocycles. The fourth-order valence-electron chi connectivity index (χ4n) is 10.8. The zero-order valence-electron chi connectivity index (χ0n) is 32.9. The van der Waals surface area contributed by atoms with Crippen LogP contribution in [0.25, 0.3) is 32.3 Å². The molecule has 12 rings (SSSR count). The highest BCUT2D eigenvalue weighted by Crippen LogP contribution is 2.61. The second-order valence-corrected chi connectivity index (χ2v) is 16.9. The van der Waals surface area contributed by atoms with Gasteiger partial charge in [-0.15, -0.1) is 11.3 Å². The lowest BCUT2D eigenvalue weighted by atomic mass is 9.67. The Morgan fingerprint density at radius 3 is 1.42 bits per heavy atom. The van der Waals surface area contributed by atoms with Crippen LogP contribution in [0.3, 0.4) is 0 Å². The van der Waals surface area contributed by atoms with Crippen LogP contribution in [-0.4, -0.2) is 0 Å². The van der Waals surface area contributed by atoms with Gasteiger partial charge in [-0.25, -0.2) is 0 Å². The van der Waals surface area contributed by atoms with Gasteiger partial charge in [-0.3, -0.25) is 0 Å². The lowest BCUT2D eigenvalue weighted by molar-refractivity contribution is 0.767. The molecule has 0 radical (unpaired) electrons. The number of benzene rings is 9. The second-order valence-electron chi connectivity index (χ2n) is 16.0. The second kappa shape index (κ2) is 13.7. The summed E-state index contributed by atoms with van der Waals surface area (Å²) in [6.45, 7) is 0. The molecular weight excluding hydrogens is 743 g/mol. The van der Waals surface area contributed by atoms with Crippen molar-refractivity contribution >= 4 is 38.5 Å². The molecule has 0 saturated carbocycles. The molecule has 0 amide bonds. The molecule has 9 aromatic carbocycles. The number of hydrogen-bond acceptors (Lipinski definition) is 2. The lowest BCUT2D eigenvalue weighted by Gasteiger charge is -2.38. The molecule has 282 valence electrons. The normalized spacial score (nSPS) is 13.9. The molecule has 2 aliphatic rings. The van der Waals surface area contributed by atoms with E-state index in [1.165, 1.54) is 76.8 Å². The highest BCUT2D eigenvalue weighted by molar-refractivity contribution is 7.17. The quantitative estimate of drug-likeness (QED) is 0.156. The van der Waals surface area contributed by atoms with Crippen LogP contribution >= 0.6 is 11.3 Å². The average molecular weight is 782 g/mol. The van der Waals surface area contributed by atoms with Gasteiger partial charge < -0.3 is 4.90 Å². The van der Waals surface area contributed by atoms with Crippen LogP contribution in [-0.2, 0) is 10.8 Å². The summed E-state index contributed by atoms with van der Waals surface area (Å²) < 4.78 is 1.28. The first kappa shape index (κ1) is 34.8. The van der Waals surface area contributed by atoms with Crippen molar-refractivity contribution in [2.45, 2.75) is 10.8 Å². The minimum atomic E-state index is -0.575. The van der Waals surface area contributed by atoms with Gasteiger partial charge in [-0.1, -0.05) is 188 Å². The van der Waals surface area contributed by atoms with Crippen molar-refractivity contribution in [3.63, 3.8) is 0 Å². The van der Waals surface area contributed by atoms with Crippen LogP contribution in [0.1, 0.15) is 44.5 Å². The minimum absolute atomic E-state index is 0.473. The van der Waals surface area contributed by atoms with Crippen molar-refractivity contribution in [1.82, 2.24) is 0 Å². The Morgan fingerprint density at radius 1 is 0.333 bits per heavy atom. The van der Waals surface area contributed by atoms with E-state index in [1.807, 2.05) is 0 Å². The van der Waals surface area contributed by atoms with E-state index < -0.39 is 10.8 Å². The van der Waals surface area contributed by atoms with E-state index in [4.69, 9.17) is 0 Å². The predicted octanol–water partition coefficient (Wildman–Crippen LogP) is 15.1. The fraction of sp³-hybridized carbons (Fsp3) is 0.0345. The van der Waals surface area contributed by atoms with Gasteiger partial charge in [0.1, 0.15) is 0 Å². The van der Waals surface area contributed by atoms with E-state index in [1.54, 1.807) is 11.3 Å². The molecule has 1 aromatic heterocycles. The molecule has 0 spiro atoms. The maximum atomic E-state index is 2.54. The Labute approximate surface area is 355 Å². The average Bonchev–Trinajstić information content (AvgIpc) is 4.01. The molecule has 10 aromatic rings. The third kappa shape index (κ3) is 4.86. The van der Waals surface area contributed by atoms with Crippen molar-refractivity contribution in [1.29, 1.82) is 0 Å². The van der Waals surface area contributed by atoms with Crippen LogP contribution in [0.2, 0.25) is 0 Å². The summed E-state index contributed by atoms with van der Waals surface area (Å²) in [5, 5.41) is 3.44. The SMILES string of the molecule is c1ccc(C2(c3ccccc3)c3ccccc3-c3cc(N(c4ccc5sccc5c4)c4cccc5c4C(c4ccccc4)(c4ccccc4)c4ccccc4-5)ccc32)cc1. The van der Waals surface area contributed by atoms with Gasteiger partial charge in [0.25, 0.3) is 0 Å². The summed E-state index contributed by atoms with van der Waals surface area (Å²) in [5.41, 5.74) is 17.7. The molecule has 0 unspecified atom stereocenters. The molecule has 1 heterocycles. The standard InChI is InChI=1S/C58H39NS/c1-5-18-41(19-6-1)57(42-20-7-2-8-21-42)51-29-15-14-27-48(51)50-39-46(32-34-53(50)57)59(45-33-35-55-40(38-45)36-37-60-55)54-31-17-28-49-47-26-13-16-30-52(47)58(56(49)54,43-22-9-3-10-23-43)44-24-11-4-12-25-44/h1-39H. The van der Waals surface area contributed by atoms with Gasteiger partial charge in [-0.2, -0.15) is 0 Å². The summed E-state index contributed by atoms with van der Waals surface area (Å²) in [4.78, 5) is 2.54. The summed E-state index contributed by atoms with van der Waals surface area (Å²) in [7, 11) is 0. The first-order valence-corrected chi connectivity index (χ1v) is 21.6. The number of nitrogens with zero attached hydrogens (tertiary/aromatic N) is 1. The van der Waals surface area contributed by atoms with Crippen molar-refractivity contribution in [2.24, 2.45) is 0 Å². The van der Waals surface area contributed by atoms with Gasteiger partial charge in [-0.05, 0) is 114 Å². The van der Waals surface area contributed by atoms with Gasteiger partial charge in [0.2, 0.25) is 0 Å². The molecule has 0 saturated heterocycles. The zero-order valence-corrected chi connectivity index (χ0v) is 33.7. The summed E-state index contributed by atoms with van der Waals surface area (Å²) in [6, 6.07) is 86.0. The minimum Gasteiger partial charge on any atom is -0.310 e. The van der Waals surface area contributed by atoms with E-state index in [2.05, 4.69) is 241 Å². The Morgan fingerprint density at radius 2 is 0.800 bits per heavy atom. The molecule has 0 fully saturated rings. The van der Waals surface area contributed by atoms with Crippen LogP contribution in [0, 0.1) is 0 Å². The van der Waals surface area contributed by atoms with Crippen molar-refractivity contribution in [3.05, 3.63) is 280 Å². The summed E-state index contributed by atoms with van der Waals surface area (Å²) in [5.74, 6) is 0. The molecule has 0 bridgehead atoms. The summed E-state index contributed by atoms with van der Waals surface area (Å²) >= 11 is 1.79. The van der Waals surface area contributed by atoms with Crippen molar-refractivity contribution < 1.29 is 0 Å². The van der Waals surface area contributed by atoms with Crippen LogP contribution in [0.15, 0.2) is 236 Å². The predicted molar refractivity (Wildman–Crippen MR) is 251 cm³/mol. The molecule has 0 atom stereocenters. The fourth-order valence-corrected chi connectivity index (χ4v) is 11.5. The third-order valence-electron chi connectivity index (χ3n) is 13.1. The number of anilines is 3. The van der Waals surface area contributed by atoms with Gasteiger partial charge in [0, 0.05) is 21.6 Å². The van der Waals surface area contributed by atoms with Crippen LogP contribution < -0.4 is 4.90 Å². The number of fused-ring (bicyclic) bond motifs is 7. The lowest BCUT2D eigenvalue weighted by Crippen LogP contribution is -2.30. The van der Waals surface area contributed by atoms with Crippen LogP contribution in [0.4, 0.5) is 17.1 Å². The number of hydrogen-bond donors (Lipinski definition) is 0. The maximum absolute atomic E-state index is 2.54. The molecular formula is C58H39NS. The Bertz CT molecular complexity index is 3120. The third-order valence-corrected chi connectivity index (χ3v) is 14.0. The largest absolute Gasteiger partial charge is 0.310 e. The molecule has 0 aliphatic heterocycles. The van der Waals surface area contributed by atoms with E-state index >= 15 is 0 Å². The molecule has 1 nitrogen and oxygen atoms in total. The Balaban J connectivity index is 1.18. The van der Waals surface area contributed by atoms with E-state index in [-0.39, 0.29) is 0 Å². The van der Waals surface area contributed by atoms with Gasteiger partial charge in [0.15, 0.2) is 0 Å². The van der Waals surface area contributed by atoms with Gasteiger partial charge >= 0.3 is 0 Å². The van der Waals surface area contributed by atoms with Crippen LogP contribution in [0.5, 0.6) is 0 Å². The smallest absolute Gasteiger partial charge is 0.0734 e. The highest BCUT2D eigenvalue weighted by Gasteiger charge is 2.49. The zero-order chi connectivity index (χ0) is 39.7. The number of rotatable bonds is 7. The van der Waals surface area contributed by atoms with E-state index in [0.717, 1.165) is 17.1 Å². The van der Waals surface area contributed by atoms with E-state index in [0.29, 0.717) is 0 Å². The first-order valence-electron chi connectivity index (χ1n) is 20.8. The van der Waals surface area contributed by atoms with Gasteiger partial charge in [0.05, 0.1) is 16.5 Å². The summed E-state index contributed by atoms with van der Waals surface area (Å²) in [6.07, 6.45) is 0. The maximum Gasteiger partial charge on any atom is 0.0734 e. The molecule has 0 N–H and O–H groups in total. The van der Waals surface area contributed by atoms with Crippen molar-refractivity contribution in [2.75, 3.05) is 4.90 Å². The van der Waals surface area contributed by atoms with E-state index in [9.17, 15) is 0 Å². The number of thiophene rings is 1. The van der Waals surface area contributed by atoms with Crippen molar-refractivity contribution in [3.8, 4) is 22.3 Å². The first-order chi connectivity index (χ1) is 29.8. The Hall–Kier alpha value is -7.26. The Kier molecular flexibility index (Phi) is 7.91. The molecule has 60 heavy (non-hydrogen) atoms. The monoisotopic (exact) mass is 781 g/mol. The highest BCUT2D eigenvalue weighted by atomic mass is 32.1. The topological polar surface area (TPSA) is 3.24 Å².